The Morgan fingerprint density at radius 1 is 1.37 bits per heavy atom. The summed E-state index contributed by atoms with van der Waals surface area (Å²) in [6.45, 7) is 3.11. The number of sulfone groups is 1. The smallest absolute Gasteiger partial charge is 0.265 e. The lowest BCUT2D eigenvalue weighted by Gasteiger charge is -2.24. The second kappa shape index (κ2) is 5.32. The van der Waals surface area contributed by atoms with Crippen molar-refractivity contribution in [2.45, 2.75) is 25.0 Å². The first kappa shape index (κ1) is 15.7. The van der Waals surface area contributed by atoms with Gasteiger partial charge in [0.15, 0.2) is 9.84 Å². The molecule has 0 atom stereocenters. The summed E-state index contributed by atoms with van der Waals surface area (Å²) in [7, 11) is -3.29. The molecule has 0 unspecified atom stereocenters. The highest BCUT2D eigenvalue weighted by atomic mass is 32.2. The predicted octanol–water partition coefficient (Wildman–Crippen LogP) is 2.44. The van der Waals surface area contributed by atoms with Crippen LogP contribution >= 0.6 is 0 Å². The van der Waals surface area contributed by atoms with Gasteiger partial charge in [0.2, 0.25) is 0 Å². The van der Waals surface area contributed by atoms with E-state index in [1.54, 1.807) is 0 Å². The van der Waals surface area contributed by atoms with Gasteiger partial charge in [-0.15, -0.1) is 0 Å². The summed E-state index contributed by atoms with van der Waals surface area (Å²) in [5, 5.41) is 2.75. The van der Waals surface area contributed by atoms with E-state index in [-0.39, 0.29) is 23.5 Å². The molecule has 0 fully saturated rings. The zero-order valence-corrected chi connectivity index (χ0v) is 11.9. The van der Waals surface area contributed by atoms with Gasteiger partial charge in [-0.1, -0.05) is 0 Å². The van der Waals surface area contributed by atoms with Gasteiger partial charge in [0.1, 0.15) is 0 Å². The monoisotopic (exact) mass is 292 g/mol. The van der Waals surface area contributed by atoms with Gasteiger partial charge in [0.05, 0.1) is 4.75 Å². The second-order valence-corrected chi connectivity index (χ2v) is 7.68. The summed E-state index contributed by atoms with van der Waals surface area (Å²) in [5.74, 6) is 0. The van der Waals surface area contributed by atoms with Gasteiger partial charge in [-0.25, -0.2) is 17.2 Å². The Labute approximate surface area is 111 Å². The van der Waals surface area contributed by atoms with Crippen molar-refractivity contribution in [1.82, 2.24) is 0 Å². The van der Waals surface area contributed by atoms with Gasteiger partial charge in [0, 0.05) is 29.7 Å². The zero-order valence-electron chi connectivity index (χ0n) is 11.1. The Kier molecular flexibility index (Phi) is 4.39. The van der Waals surface area contributed by atoms with Crippen LogP contribution in [0.2, 0.25) is 0 Å². The Balaban J connectivity index is 2.96. The molecule has 0 aliphatic heterocycles. The van der Waals surface area contributed by atoms with E-state index in [2.05, 4.69) is 5.32 Å². The molecule has 4 nitrogen and oxygen atoms in total. The normalized spacial score (nSPS) is 12.7. The average molecular weight is 292 g/mol. The number of nitrogens with two attached hydrogens (primary N) is 1. The van der Waals surface area contributed by atoms with Crippen LogP contribution in [0.3, 0.4) is 0 Å². The molecule has 0 aliphatic carbocycles. The Bertz CT molecular complexity index is 557. The van der Waals surface area contributed by atoms with Crippen LogP contribution in [0, 0.1) is 0 Å². The van der Waals surface area contributed by atoms with E-state index < -0.39 is 21.0 Å². The average Bonchev–Trinajstić information content (AvgIpc) is 2.25. The largest absolute Gasteiger partial charge is 0.399 e. The van der Waals surface area contributed by atoms with E-state index in [1.807, 2.05) is 0 Å². The summed E-state index contributed by atoms with van der Waals surface area (Å²) >= 11 is 0. The summed E-state index contributed by atoms with van der Waals surface area (Å²) in [6.07, 6.45) is -1.56. The van der Waals surface area contributed by atoms with E-state index in [4.69, 9.17) is 5.73 Å². The van der Waals surface area contributed by atoms with E-state index in [9.17, 15) is 17.2 Å². The second-order valence-electron chi connectivity index (χ2n) is 5.03. The van der Waals surface area contributed by atoms with Gasteiger partial charge < -0.3 is 11.1 Å². The first-order valence-electron chi connectivity index (χ1n) is 5.65. The molecule has 3 N–H and O–H groups in total. The number of hydrogen-bond acceptors (Lipinski definition) is 4. The van der Waals surface area contributed by atoms with E-state index in [0.29, 0.717) is 0 Å². The first-order chi connectivity index (χ1) is 8.54. The Morgan fingerprint density at radius 3 is 2.42 bits per heavy atom. The van der Waals surface area contributed by atoms with Gasteiger partial charge in [0.25, 0.3) is 6.43 Å². The SMILES string of the molecule is CC(C)(CNc1ccc(N)cc1C(F)F)S(C)(=O)=O. The fourth-order valence-electron chi connectivity index (χ4n) is 1.36. The van der Waals surface area contributed by atoms with Gasteiger partial charge >= 0.3 is 0 Å². The minimum atomic E-state index is -3.29. The maximum absolute atomic E-state index is 12.8. The van der Waals surface area contributed by atoms with Crippen LogP contribution < -0.4 is 11.1 Å². The summed E-state index contributed by atoms with van der Waals surface area (Å²) in [6, 6.07) is 4.09. The lowest BCUT2D eigenvalue weighted by molar-refractivity contribution is 0.152. The van der Waals surface area contributed by atoms with Crippen LogP contribution in [-0.4, -0.2) is 26.0 Å². The molecule has 0 radical (unpaired) electrons. The number of nitrogens with one attached hydrogen (secondary N) is 1. The molecule has 0 aliphatic rings. The van der Waals surface area contributed by atoms with Crippen molar-refractivity contribution in [1.29, 1.82) is 0 Å². The summed E-state index contributed by atoms with van der Waals surface area (Å²) in [5.41, 5.74) is 5.66. The fourth-order valence-corrected chi connectivity index (χ4v) is 1.70. The van der Waals surface area contributed by atoms with Crippen molar-refractivity contribution in [3.63, 3.8) is 0 Å². The van der Waals surface area contributed by atoms with E-state index >= 15 is 0 Å². The molecule has 0 amide bonds. The molecule has 108 valence electrons. The maximum atomic E-state index is 12.8. The highest BCUT2D eigenvalue weighted by Crippen LogP contribution is 2.29. The molecule has 0 saturated carbocycles. The lowest BCUT2D eigenvalue weighted by atomic mass is 10.1. The van der Waals surface area contributed by atoms with Crippen LogP contribution in [0.5, 0.6) is 0 Å². The van der Waals surface area contributed by atoms with Crippen LogP contribution in [-0.2, 0) is 9.84 Å². The Hall–Kier alpha value is -1.37. The van der Waals surface area contributed by atoms with Crippen molar-refractivity contribution in [3.05, 3.63) is 23.8 Å². The molecule has 0 bridgehead atoms. The molecule has 0 saturated heterocycles. The highest BCUT2D eigenvalue weighted by molar-refractivity contribution is 7.92. The van der Waals surface area contributed by atoms with Crippen LogP contribution in [0.4, 0.5) is 20.2 Å². The quantitative estimate of drug-likeness (QED) is 0.818. The number of benzene rings is 1. The maximum Gasteiger partial charge on any atom is 0.265 e. The molecule has 0 spiro atoms. The third-order valence-electron chi connectivity index (χ3n) is 3.02. The standard InChI is InChI=1S/C12H18F2N2O2S/c1-12(2,19(3,17)18)7-16-10-5-4-8(15)6-9(10)11(13)14/h4-6,11,16H,7,15H2,1-3H3. The number of hydrogen-bond donors (Lipinski definition) is 2. The fraction of sp³-hybridized carbons (Fsp3) is 0.500. The van der Waals surface area contributed by atoms with E-state index in [1.165, 1.54) is 32.0 Å². The predicted molar refractivity (Wildman–Crippen MR) is 73.2 cm³/mol. The Morgan fingerprint density at radius 2 is 1.95 bits per heavy atom. The van der Waals surface area contributed by atoms with E-state index in [0.717, 1.165) is 6.26 Å². The molecule has 1 rings (SSSR count). The molecule has 1 aromatic rings. The zero-order chi connectivity index (χ0) is 14.8. The van der Waals surface area contributed by atoms with Gasteiger partial charge in [-0.2, -0.15) is 0 Å². The van der Waals surface area contributed by atoms with Crippen molar-refractivity contribution < 1.29 is 17.2 Å². The first-order valence-corrected chi connectivity index (χ1v) is 7.55. The van der Waals surface area contributed by atoms with Crippen molar-refractivity contribution in [2.75, 3.05) is 23.9 Å². The third-order valence-corrected chi connectivity index (χ3v) is 5.17. The molecule has 7 heteroatoms. The molecule has 19 heavy (non-hydrogen) atoms. The third kappa shape index (κ3) is 3.79. The van der Waals surface area contributed by atoms with Crippen molar-refractivity contribution in [2.24, 2.45) is 0 Å². The molecule has 1 aromatic carbocycles. The van der Waals surface area contributed by atoms with Gasteiger partial charge in [-0.3, -0.25) is 0 Å². The van der Waals surface area contributed by atoms with Crippen LogP contribution in [0.15, 0.2) is 18.2 Å². The number of rotatable bonds is 5. The lowest BCUT2D eigenvalue weighted by Crippen LogP contribution is -2.38. The molecular formula is C12H18F2N2O2S. The number of anilines is 2. The number of alkyl halides is 2. The molecule has 0 heterocycles. The highest BCUT2D eigenvalue weighted by Gasteiger charge is 2.30. The topological polar surface area (TPSA) is 72.2 Å². The van der Waals surface area contributed by atoms with Crippen molar-refractivity contribution >= 4 is 21.2 Å². The number of nitrogen functional groups attached to an aromatic ring is 1. The minimum Gasteiger partial charge on any atom is -0.399 e. The number of halogens is 2. The molecule has 0 aromatic heterocycles. The van der Waals surface area contributed by atoms with Crippen LogP contribution in [0.1, 0.15) is 25.8 Å². The van der Waals surface area contributed by atoms with Crippen LogP contribution in [0.25, 0.3) is 0 Å². The summed E-state index contributed by atoms with van der Waals surface area (Å²) in [4.78, 5) is 0. The van der Waals surface area contributed by atoms with Gasteiger partial charge in [-0.05, 0) is 32.0 Å². The minimum absolute atomic E-state index is 0.0372. The molecular weight excluding hydrogens is 274 g/mol. The summed E-state index contributed by atoms with van der Waals surface area (Å²) < 4.78 is 47.7. The van der Waals surface area contributed by atoms with Crippen molar-refractivity contribution in [3.8, 4) is 0 Å².